The number of amides is 4. The monoisotopic (exact) mass is 387 g/mol. The van der Waals surface area contributed by atoms with E-state index in [-0.39, 0.29) is 23.9 Å². The molecule has 8 nitrogen and oxygen atoms in total. The zero-order valence-electron chi connectivity index (χ0n) is 16.3. The largest absolute Gasteiger partial charge is 0.351 e. The van der Waals surface area contributed by atoms with Gasteiger partial charge in [0.1, 0.15) is 0 Å². The van der Waals surface area contributed by atoms with E-state index in [1.54, 1.807) is 0 Å². The molecule has 3 N–H and O–H groups in total. The molecule has 2 fully saturated rings. The highest BCUT2D eigenvalue weighted by molar-refractivity contribution is 5.97. The van der Waals surface area contributed by atoms with Crippen LogP contribution in [0.4, 0.5) is 4.79 Å². The van der Waals surface area contributed by atoms with Crippen molar-refractivity contribution in [2.45, 2.75) is 38.4 Å². The molecule has 0 radical (unpaired) electrons. The Bertz CT molecular complexity index is 684. The van der Waals surface area contributed by atoms with Crippen molar-refractivity contribution in [3.8, 4) is 0 Å². The van der Waals surface area contributed by atoms with Crippen LogP contribution in [0.3, 0.4) is 0 Å². The summed E-state index contributed by atoms with van der Waals surface area (Å²) in [5, 5.41) is 8.11. The van der Waals surface area contributed by atoms with Gasteiger partial charge in [-0.2, -0.15) is 0 Å². The van der Waals surface area contributed by atoms with Gasteiger partial charge in [-0.1, -0.05) is 30.3 Å². The molecule has 1 aromatic rings. The van der Waals surface area contributed by atoms with Gasteiger partial charge >= 0.3 is 6.03 Å². The maximum atomic E-state index is 12.2. The predicted molar refractivity (Wildman–Crippen MR) is 105 cm³/mol. The lowest BCUT2D eigenvalue weighted by atomic mass is 10.2. The van der Waals surface area contributed by atoms with E-state index in [0.717, 1.165) is 18.4 Å². The highest BCUT2D eigenvalue weighted by Gasteiger charge is 2.29. The molecule has 1 unspecified atom stereocenters. The molecule has 28 heavy (non-hydrogen) atoms. The van der Waals surface area contributed by atoms with E-state index < -0.39 is 6.03 Å². The molecule has 0 spiro atoms. The van der Waals surface area contributed by atoms with Crippen molar-refractivity contribution in [1.82, 2.24) is 25.8 Å². The first kappa shape index (κ1) is 20.3. The van der Waals surface area contributed by atoms with Gasteiger partial charge in [-0.3, -0.25) is 24.7 Å². The number of nitrogens with one attached hydrogen (secondary N) is 3. The number of rotatable bonds is 7. The molecule has 1 heterocycles. The summed E-state index contributed by atoms with van der Waals surface area (Å²) < 4.78 is 0. The van der Waals surface area contributed by atoms with Crippen LogP contribution in [0.1, 0.15) is 25.3 Å². The van der Waals surface area contributed by atoms with Gasteiger partial charge < -0.3 is 10.6 Å². The molecule has 8 heteroatoms. The Morgan fingerprint density at radius 2 is 1.75 bits per heavy atom. The number of imide groups is 1. The van der Waals surface area contributed by atoms with Gasteiger partial charge in [0.15, 0.2) is 0 Å². The zero-order chi connectivity index (χ0) is 19.9. The molecule has 152 valence electrons. The van der Waals surface area contributed by atoms with Crippen molar-refractivity contribution in [1.29, 1.82) is 0 Å². The average molecular weight is 387 g/mol. The second-order valence-electron chi connectivity index (χ2n) is 7.49. The molecular weight excluding hydrogens is 358 g/mol. The lowest BCUT2D eigenvalue weighted by Gasteiger charge is -2.37. The number of piperazine rings is 1. The van der Waals surface area contributed by atoms with E-state index in [2.05, 4.69) is 20.9 Å². The van der Waals surface area contributed by atoms with Crippen molar-refractivity contribution >= 4 is 17.8 Å². The first-order chi connectivity index (χ1) is 13.5. The summed E-state index contributed by atoms with van der Waals surface area (Å²) in [6.45, 7) is 5.48. The molecule has 1 saturated heterocycles. The SMILES string of the molecule is CC(C(=O)NC(=O)NC1CC1)N1CCN(CC(=O)NCc2ccccc2)CC1. The van der Waals surface area contributed by atoms with E-state index in [1.165, 1.54) is 0 Å². The molecule has 0 bridgehead atoms. The van der Waals surface area contributed by atoms with E-state index in [9.17, 15) is 14.4 Å². The van der Waals surface area contributed by atoms with Crippen molar-refractivity contribution < 1.29 is 14.4 Å². The predicted octanol–water partition coefficient (Wildman–Crippen LogP) is 0.297. The van der Waals surface area contributed by atoms with Crippen LogP contribution in [0.5, 0.6) is 0 Å². The van der Waals surface area contributed by atoms with Crippen molar-refractivity contribution in [2.75, 3.05) is 32.7 Å². The Balaban J connectivity index is 1.34. The van der Waals surface area contributed by atoms with Gasteiger partial charge in [0.25, 0.3) is 0 Å². The van der Waals surface area contributed by atoms with Crippen LogP contribution in [-0.2, 0) is 16.1 Å². The maximum absolute atomic E-state index is 12.2. The molecule has 1 aromatic carbocycles. The minimum absolute atomic E-state index is 0.000147. The number of hydrogen-bond acceptors (Lipinski definition) is 5. The highest BCUT2D eigenvalue weighted by atomic mass is 16.2. The summed E-state index contributed by atoms with van der Waals surface area (Å²) in [4.78, 5) is 40.2. The molecule has 1 aliphatic heterocycles. The Morgan fingerprint density at radius 1 is 1.07 bits per heavy atom. The summed E-state index contributed by atoms with van der Waals surface area (Å²) in [5.41, 5.74) is 1.08. The van der Waals surface area contributed by atoms with Crippen molar-refractivity contribution in [3.05, 3.63) is 35.9 Å². The summed E-state index contributed by atoms with van der Waals surface area (Å²) in [6.07, 6.45) is 1.97. The molecule has 1 atom stereocenters. The molecular formula is C20H29N5O3. The molecule has 1 saturated carbocycles. The first-order valence-electron chi connectivity index (χ1n) is 9.89. The fraction of sp³-hybridized carbons (Fsp3) is 0.550. The minimum atomic E-state index is -0.409. The summed E-state index contributed by atoms with van der Waals surface area (Å²) >= 11 is 0. The normalized spacial score (nSPS) is 18.9. The second-order valence-corrected chi connectivity index (χ2v) is 7.49. The number of urea groups is 1. The summed E-state index contributed by atoms with van der Waals surface area (Å²) in [5.74, 6) is -0.285. The third-order valence-corrected chi connectivity index (χ3v) is 5.18. The Labute approximate surface area is 165 Å². The summed E-state index contributed by atoms with van der Waals surface area (Å²) in [7, 11) is 0. The van der Waals surface area contributed by atoms with E-state index >= 15 is 0 Å². The third kappa shape index (κ3) is 6.31. The fourth-order valence-electron chi connectivity index (χ4n) is 3.20. The van der Waals surface area contributed by atoms with E-state index in [4.69, 9.17) is 0 Å². The smallest absolute Gasteiger partial charge is 0.321 e. The zero-order valence-corrected chi connectivity index (χ0v) is 16.3. The van der Waals surface area contributed by atoms with Crippen LogP contribution in [0.25, 0.3) is 0 Å². The van der Waals surface area contributed by atoms with Gasteiger partial charge in [-0.05, 0) is 25.3 Å². The average Bonchev–Trinajstić information content (AvgIpc) is 3.51. The van der Waals surface area contributed by atoms with Crippen LogP contribution >= 0.6 is 0 Å². The van der Waals surface area contributed by atoms with Gasteiger partial charge in [0.2, 0.25) is 11.8 Å². The van der Waals surface area contributed by atoms with Crippen molar-refractivity contribution in [2.24, 2.45) is 0 Å². The topological polar surface area (TPSA) is 93.8 Å². The van der Waals surface area contributed by atoms with Gasteiger partial charge in [-0.15, -0.1) is 0 Å². The second kappa shape index (κ2) is 9.66. The van der Waals surface area contributed by atoms with Crippen LogP contribution in [0, 0.1) is 0 Å². The van der Waals surface area contributed by atoms with Crippen LogP contribution in [0.15, 0.2) is 30.3 Å². The first-order valence-corrected chi connectivity index (χ1v) is 9.89. The van der Waals surface area contributed by atoms with Crippen LogP contribution in [-0.4, -0.2) is 72.5 Å². The molecule has 4 amide bonds. The molecule has 1 aliphatic carbocycles. The number of nitrogens with zero attached hydrogens (tertiary/aromatic N) is 2. The number of hydrogen-bond donors (Lipinski definition) is 3. The Morgan fingerprint density at radius 3 is 2.39 bits per heavy atom. The molecule has 0 aromatic heterocycles. The lowest BCUT2D eigenvalue weighted by molar-refractivity contribution is -0.127. The quantitative estimate of drug-likeness (QED) is 0.626. The number of carbonyl (C=O) groups is 3. The van der Waals surface area contributed by atoms with E-state index in [0.29, 0.717) is 39.3 Å². The number of carbonyl (C=O) groups excluding carboxylic acids is 3. The lowest BCUT2D eigenvalue weighted by Crippen LogP contribution is -2.56. The highest BCUT2D eigenvalue weighted by Crippen LogP contribution is 2.18. The van der Waals surface area contributed by atoms with Gasteiger partial charge in [0.05, 0.1) is 12.6 Å². The fourth-order valence-corrected chi connectivity index (χ4v) is 3.20. The Kier molecular flexibility index (Phi) is 7.00. The molecule has 2 aliphatic rings. The van der Waals surface area contributed by atoms with Crippen LogP contribution in [0.2, 0.25) is 0 Å². The van der Waals surface area contributed by atoms with Gasteiger partial charge in [-0.25, -0.2) is 4.79 Å². The maximum Gasteiger partial charge on any atom is 0.321 e. The standard InChI is InChI=1S/C20H29N5O3/c1-15(19(27)23-20(28)22-17-7-8-17)25-11-9-24(10-12-25)14-18(26)21-13-16-5-3-2-4-6-16/h2-6,15,17H,7-14H2,1H3,(H,21,26)(H2,22,23,27,28). The number of benzene rings is 1. The van der Waals surface area contributed by atoms with Crippen molar-refractivity contribution in [3.63, 3.8) is 0 Å². The third-order valence-electron chi connectivity index (χ3n) is 5.18. The minimum Gasteiger partial charge on any atom is -0.351 e. The van der Waals surface area contributed by atoms with Crippen LogP contribution < -0.4 is 16.0 Å². The van der Waals surface area contributed by atoms with E-state index in [1.807, 2.05) is 42.2 Å². The molecule has 3 rings (SSSR count). The summed E-state index contributed by atoms with van der Waals surface area (Å²) in [6, 6.07) is 9.26. The van der Waals surface area contributed by atoms with Gasteiger partial charge in [0, 0.05) is 38.8 Å². The Hall–Kier alpha value is -2.45.